The number of carbonyl (C=O) groups is 1. The van der Waals surface area contributed by atoms with Crippen molar-refractivity contribution in [3.8, 4) is 0 Å². The quantitative estimate of drug-likeness (QED) is 0.769. The van der Waals surface area contributed by atoms with E-state index in [1.54, 1.807) is 7.11 Å². The van der Waals surface area contributed by atoms with Crippen molar-refractivity contribution in [2.24, 2.45) is 0 Å². The fraction of sp³-hybridized carbons (Fsp3) is 0.533. The Labute approximate surface area is 115 Å². The Morgan fingerprint density at radius 3 is 2.58 bits per heavy atom. The van der Waals surface area contributed by atoms with Crippen LogP contribution in [0.4, 0.5) is 4.79 Å². The number of urea groups is 1. The van der Waals surface area contributed by atoms with Gasteiger partial charge in [-0.25, -0.2) is 4.79 Å². The third kappa shape index (κ3) is 5.75. The zero-order valence-corrected chi connectivity index (χ0v) is 12.1. The predicted octanol–water partition coefficient (Wildman–Crippen LogP) is 2.64. The number of hydrogen-bond donors (Lipinski definition) is 1. The lowest BCUT2D eigenvalue weighted by molar-refractivity contribution is 0.173. The normalized spacial score (nSPS) is 10.5. The van der Waals surface area contributed by atoms with Gasteiger partial charge in [-0.1, -0.05) is 30.3 Å². The van der Waals surface area contributed by atoms with Gasteiger partial charge in [0.2, 0.25) is 0 Å². The van der Waals surface area contributed by atoms with E-state index in [1.165, 1.54) is 0 Å². The topological polar surface area (TPSA) is 41.6 Å². The Bertz CT molecular complexity index is 366. The first-order valence-corrected chi connectivity index (χ1v) is 6.72. The molecule has 19 heavy (non-hydrogen) atoms. The molecular formula is C15H24N2O2. The van der Waals surface area contributed by atoms with Gasteiger partial charge in [0, 0.05) is 32.8 Å². The van der Waals surface area contributed by atoms with Crippen molar-refractivity contribution >= 4 is 6.03 Å². The van der Waals surface area contributed by atoms with Crippen molar-refractivity contribution in [2.45, 2.75) is 32.9 Å². The maximum atomic E-state index is 12.1. The number of nitrogens with zero attached hydrogens (tertiary/aromatic N) is 1. The van der Waals surface area contributed by atoms with E-state index in [2.05, 4.69) is 5.32 Å². The number of rotatable bonds is 7. The summed E-state index contributed by atoms with van der Waals surface area (Å²) in [5.41, 5.74) is 1.14. The summed E-state index contributed by atoms with van der Waals surface area (Å²) in [6.07, 6.45) is 0.833. The lowest BCUT2D eigenvalue weighted by Gasteiger charge is -2.27. The SMILES string of the molecule is COCCCNC(=O)N(Cc1ccccc1)C(C)C. The van der Waals surface area contributed by atoms with Crippen molar-refractivity contribution in [2.75, 3.05) is 20.3 Å². The second-order valence-electron chi connectivity index (χ2n) is 4.79. The Balaban J connectivity index is 2.50. The van der Waals surface area contributed by atoms with Crippen LogP contribution in [0.1, 0.15) is 25.8 Å². The Morgan fingerprint density at radius 2 is 2.00 bits per heavy atom. The van der Waals surface area contributed by atoms with Crippen LogP contribution in [-0.2, 0) is 11.3 Å². The van der Waals surface area contributed by atoms with Crippen molar-refractivity contribution in [3.63, 3.8) is 0 Å². The highest BCUT2D eigenvalue weighted by molar-refractivity contribution is 5.74. The first-order valence-electron chi connectivity index (χ1n) is 6.72. The molecule has 0 heterocycles. The number of carbonyl (C=O) groups excluding carboxylic acids is 1. The van der Waals surface area contributed by atoms with Gasteiger partial charge in [-0.05, 0) is 25.8 Å². The highest BCUT2D eigenvalue weighted by atomic mass is 16.5. The van der Waals surface area contributed by atoms with E-state index in [9.17, 15) is 4.79 Å². The first kappa shape index (κ1) is 15.5. The minimum Gasteiger partial charge on any atom is -0.385 e. The van der Waals surface area contributed by atoms with Crippen molar-refractivity contribution in [1.29, 1.82) is 0 Å². The standard InChI is InChI=1S/C15H24N2O2/c1-13(2)17(12-14-8-5-4-6-9-14)15(18)16-10-7-11-19-3/h4-6,8-9,13H,7,10-12H2,1-3H3,(H,16,18). The van der Waals surface area contributed by atoms with E-state index < -0.39 is 0 Å². The summed E-state index contributed by atoms with van der Waals surface area (Å²) in [5, 5.41) is 2.93. The van der Waals surface area contributed by atoms with Gasteiger partial charge in [0.05, 0.1) is 0 Å². The summed E-state index contributed by atoms with van der Waals surface area (Å²) in [6, 6.07) is 10.2. The molecule has 0 fully saturated rings. The van der Waals surface area contributed by atoms with E-state index in [-0.39, 0.29) is 12.1 Å². The van der Waals surface area contributed by atoms with E-state index in [0.717, 1.165) is 12.0 Å². The third-order valence-electron chi connectivity index (χ3n) is 2.88. The lowest BCUT2D eigenvalue weighted by Crippen LogP contribution is -2.43. The molecule has 0 radical (unpaired) electrons. The molecule has 1 N–H and O–H groups in total. The van der Waals surface area contributed by atoms with Gasteiger partial charge < -0.3 is 15.0 Å². The van der Waals surface area contributed by atoms with Crippen molar-refractivity contribution in [1.82, 2.24) is 10.2 Å². The van der Waals surface area contributed by atoms with Crippen LogP contribution in [0.15, 0.2) is 30.3 Å². The van der Waals surface area contributed by atoms with Gasteiger partial charge in [0.1, 0.15) is 0 Å². The van der Waals surface area contributed by atoms with Gasteiger partial charge in [-0.15, -0.1) is 0 Å². The molecule has 1 rings (SSSR count). The molecule has 1 aromatic carbocycles. The third-order valence-corrected chi connectivity index (χ3v) is 2.88. The van der Waals surface area contributed by atoms with Gasteiger partial charge in [-0.2, -0.15) is 0 Å². The predicted molar refractivity (Wildman–Crippen MR) is 77.0 cm³/mol. The molecule has 0 spiro atoms. The molecule has 4 heteroatoms. The minimum atomic E-state index is -0.0186. The zero-order chi connectivity index (χ0) is 14.1. The average molecular weight is 264 g/mol. The van der Waals surface area contributed by atoms with Crippen LogP contribution >= 0.6 is 0 Å². The van der Waals surface area contributed by atoms with Crippen LogP contribution in [0.3, 0.4) is 0 Å². The molecule has 0 bridgehead atoms. The molecule has 0 aliphatic heterocycles. The minimum absolute atomic E-state index is 0.0186. The largest absolute Gasteiger partial charge is 0.385 e. The number of hydrogen-bond acceptors (Lipinski definition) is 2. The molecule has 4 nitrogen and oxygen atoms in total. The second-order valence-corrected chi connectivity index (χ2v) is 4.79. The molecule has 0 unspecified atom stereocenters. The summed E-state index contributed by atoms with van der Waals surface area (Å²) in [4.78, 5) is 14.0. The molecule has 0 aliphatic carbocycles. The second kappa shape index (κ2) is 8.53. The molecule has 2 amide bonds. The molecule has 0 aromatic heterocycles. The van der Waals surface area contributed by atoms with E-state index in [0.29, 0.717) is 19.7 Å². The summed E-state index contributed by atoms with van der Waals surface area (Å²) >= 11 is 0. The van der Waals surface area contributed by atoms with Crippen LogP contribution in [0.5, 0.6) is 0 Å². The van der Waals surface area contributed by atoms with Crippen LogP contribution in [0, 0.1) is 0 Å². The molecule has 106 valence electrons. The maximum absolute atomic E-state index is 12.1. The summed E-state index contributed by atoms with van der Waals surface area (Å²) in [5.74, 6) is 0. The Morgan fingerprint density at radius 1 is 1.32 bits per heavy atom. The molecule has 0 aliphatic rings. The summed E-state index contributed by atoms with van der Waals surface area (Å²) in [6.45, 7) is 6.00. The molecule has 0 saturated heterocycles. The number of nitrogens with one attached hydrogen (secondary N) is 1. The van der Waals surface area contributed by atoms with Crippen LogP contribution in [-0.4, -0.2) is 37.2 Å². The average Bonchev–Trinajstić information content (AvgIpc) is 2.41. The highest BCUT2D eigenvalue weighted by Crippen LogP contribution is 2.08. The van der Waals surface area contributed by atoms with Gasteiger partial charge in [0.15, 0.2) is 0 Å². The lowest BCUT2D eigenvalue weighted by atomic mass is 10.2. The van der Waals surface area contributed by atoms with Gasteiger partial charge >= 0.3 is 6.03 Å². The number of ether oxygens (including phenoxy) is 1. The van der Waals surface area contributed by atoms with Crippen LogP contribution < -0.4 is 5.32 Å². The Kier molecular flexibility index (Phi) is 6.97. The summed E-state index contributed by atoms with van der Waals surface area (Å²) < 4.78 is 4.96. The van der Waals surface area contributed by atoms with Gasteiger partial charge in [-0.3, -0.25) is 0 Å². The molecule has 0 saturated carbocycles. The monoisotopic (exact) mass is 264 g/mol. The highest BCUT2D eigenvalue weighted by Gasteiger charge is 2.16. The zero-order valence-electron chi connectivity index (χ0n) is 12.1. The van der Waals surface area contributed by atoms with E-state index >= 15 is 0 Å². The fourth-order valence-electron chi connectivity index (χ4n) is 1.78. The molecule has 1 aromatic rings. The number of benzene rings is 1. The van der Waals surface area contributed by atoms with E-state index in [4.69, 9.17) is 4.74 Å². The summed E-state index contributed by atoms with van der Waals surface area (Å²) in [7, 11) is 1.66. The maximum Gasteiger partial charge on any atom is 0.317 e. The molecule has 0 atom stereocenters. The molecular weight excluding hydrogens is 240 g/mol. The van der Waals surface area contributed by atoms with E-state index in [1.807, 2.05) is 49.1 Å². The fourth-order valence-corrected chi connectivity index (χ4v) is 1.78. The van der Waals surface area contributed by atoms with Crippen molar-refractivity contribution in [3.05, 3.63) is 35.9 Å². The Hall–Kier alpha value is -1.55. The smallest absolute Gasteiger partial charge is 0.317 e. The number of methoxy groups -OCH3 is 1. The van der Waals surface area contributed by atoms with Crippen LogP contribution in [0.25, 0.3) is 0 Å². The van der Waals surface area contributed by atoms with Crippen LogP contribution in [0.2, 0.25) is 0 Å². The van der Waals surface area contributed by atoms with Gasteiger partial charge in [0.25, 0.3) is 0 Å². The van der Waals surface area contributed by atoms with Crippen molar-refractivity contribution < 1.29 is 9.53 Å². The first-order chi connectivity index (χ1) is 9.15. The number of amides is 2.